The lowest BCUT2D eigenvalue weighted by molar-refractivity contribution is -0.142. The summed E-state index contributed by atoms with van der Waals surface area (Å²) in [5.41, 5.74) is 3.41. The van der Waals surface area contributed by atoms with Crippen LogP contribution in [0.2, 0.25) is 0 Å². The molecule has 8 heteroatoms. The van der Waals surface area contributed by atoms with E-state index in [0.29, 0.717) is 19.4 Å². The number of H-pyrrole nitrogens is 1. The Hall–Kier alpha value is -3.68. The van der Waals surface area contributed by atoms with Crippen molar-refractivity contribution in [3.63, 3.8) is 0 Å². The van der Waals surface area contributed by atoms with Crippen LogP contribution < -0.4 is 5.32 Å². The van der Waals surface area contributed by atoms with Crippen LogP contribution in [0.25, 0.3) is 0 Å². The molecule has 2 amide bonds. The highest BCUT2D eigenvalue weighted by Crippen LogP contribution is 2.32. The van der Waals surface area contributed by atoms with Crippen LogP contribution in [-0.2, 0) is 22.4 Å². The van der Waals surface area contributed by atoms with Gasteiger partial charge in [0.2, 0.25) is 0 Å². The zero-order valence-electron chi connectivity index (χ0n) is 16.6. The molecule has 1 aliphatic heterocycles. The number of imidazole rings is 1. The minimum atomic E-state index is -0.796. The molecule has 0 spiro atoms. The molecule has 1 aliphatic rings. The van der Waals surface area contributed by atoms with E-state index in [1.165, 1.54) is 7.11 Å². The van der Waals surface area contributed by atoms with Crippen LogP contribution in [-0.4, -0.2) is 51.5 Å². The Kier molecular flexibility index (Phi) is 5.74. The molecule has 0 radical (unpaired) electrons. The Morgan fingerprint density at radius 2 is 2.00 bits per heavy atom. The van der Waals surface area contributed by atoms with Crippen LogP contribution in [0.15, 0.2) is 61.1 Å². The predicted octanol–water partition coefficient (Wildman–Crippen LogP) is 2.25. The normalized spacial score (nSPS) is 16.4. The van der Waals surface area contributed by atoms with E-state index >= 15 is 0 Å². The molecule has 0 fully saturated rings. The minimum Gasteiger partial charge on any atom is -0.467 e. The highest BCUT2D eigenvalue weighted by molar-refractivity contribution is 5.84. The molecule has 1 aromatic carbocycles. The lowest BCUT2D eigenvalue weighted by Gasteiger charge is -2.35. The van der Waals surface area contributed by atoms with Gasteiger partial charge in [0.15, 0.2) is 0 Å². The maximum atomic E-state index is 13.3. The maximum absolute atomic E-state index is 13.3. The van der Waals surface area contributed by atoms with Crippen LogP contribution >= 0.6 is 0 Å². The van der Waals surface area contributed by atoms with Crippen molar-refractivity contribution < 1.29 is 14.3 Å². The van der Waals surface area contributed by atoms with Crippen molar-refractivity contribution in [2.75, 3.05) is 13.7 Å². The van der Waals surface area contributed by atoms with Crippen LogP contribution in [0.5, 0.6) is 0 Å². The van der Waals surface area contributed by atoms with Crippen molar-refractivity contribution in [1.29, 1.82) is 0 Å². The lowest BCUT2D eigenvalue weighted by Crippen LogP contribution is -2.52. The summed E-state index contributed by atoms with van der Waals surface area (Å²) in [4.78, 5) is 39.3. The van der Waals surface area contributed by atoms with Gasteiger partial charge in [-0.1, -0.05) is 36.4 Å². The second-order valence-electron chi connectivity index (χ2n) is 7.08. The molecule has 0 saturated heterocycles. The molecular weight excluding hydrogens is 382 g/mol. The molecule has 2 atom stereocenters. The van der Waals surface area contributed by atoms with Gasteiger partial charge in [0, 0.05) is 31.3 Å². The molecule has 0 aliphatic carbocycles. The molecule has 0 unspecified atom stereocenters. The van der Waals surface area contributed by atoms with Crippen molar-refractivity contribution in [2.24, 2.45) is 0 Å². The second kappa shape index (κ2) is 8.77. The average Bonchev–Trinajstić information content (AvgIpc) is 3.27. The smallest absolute Gasteiger partial charge is 0.328 e. The van der Waals surface area contributed by atoms with E-state index in [-0.39, 0.29) is 6.03 Å². The first kappa shape index (κ1) is 19.6. The molecule has 8 nitrogen and oxygen atoms in total. The fraction of sp³-hybridized carbons (Fsp3) is 0.273. The van der Waals surface area contributed by atoms with Gasteiger partial charge in [0.25, 0.3) is 0 Å². The number of nitrogens with one attached hydrogen (secondary N) is 2. The van der Waals surface area contributed by atoms with E-state index in [2.05, 4.69) is 20.3 Å². The fourth-order valence-corrected chi connectivity index (χ4v) is 3.75. The van der Waals surface area contributed by atoms with Crippen LogP contribution in [0.4, 0.5) is 4.79 Å². The number of pyridine rings is 1. The van der Waals surface area contributed by atoms with E-state index < -0.39 is 18.1 Å². The van der Waals surface area contributed by atoms with Gasteiger partial charge in [0.05, 0.1) is 24.8 Å². The average molecular weight is 405 g/mol. The third-order valence-electron chi connectivity index (χ3n) is 5.22. The first-order valence-corrected chi connectivity index (χ1v) is 9.79. The Bertz CT molecular complexity index is 1010. The number of nitrogens with zero attached hydrogens (tertiary/aromatic N) is 3. The number of carbonyl (C=O) groups is 2. The Balaban J connectivity index is 1.59. The van der Waals surface area contributed by atoms with Gasteiger partial charge in [-0.2, -0.15) is 0 Å². The summed E-state index contributed by atoms with van der Waals surface area (Å²) in [5.74, 6) is -0.487. The number of methoxy groups -OCH3 is 1. The van der Waals surface area contributed by atoms with E-state index in [0.717, 1.165) is 22.6 Å². The maximum Gasteiger partial charge on any atom is 0.328 e. The first-order valence-electron chi connectivity index (χ1n) is 9.79. The van der Waals surface area contributed by atoms with Gasteiger partial charge in [0.1, 0.15) is 12.1 Å². The first-order chi connectivity index (χ1) is 14.7. The number of hydrogen-bond acceptors (Lipinski definition) is 5. The van der Waals surface area contributed by atoms with Gasteiger partial charge >= 0.3 is 12.0 Å². The van der Waals surface area contributed by atoms with Gasteiger partial charge in [-0.15, -0.1) is 0 Å². The molecule has 2 aromatic heterocycles. The Morgan fingerprint density at radius 1 is 1.20 bits per heavy atom. The van der Waals surface area contributed by atoms with Crippen LogP contribution in [0, 0.1) is 0 Å². The van der Waals surface area contributed by atoms with Gasteiger partial charge < -0.3 is 19.9 Å². The van der Waals surface area contributed by atoms with Gasteiger partial charge in [-0.25, -0.2) is 14.6 Å². The highest BCUT2D eigenvalue weighted by atomic mass is 16.5. The number of benzene rings is 1. The monoisotopic (exact) mass is 405 g/mol. The number of carbonyl (C=O) groups excluding carboxylic acids is 2. The molecule has 2 N–H and O–H groups in total. The topological polar surface area (TPSA) is 100 Å². The third kappa shape index (κ3) is 4.03. The van der Waals surface area contributed by atoms with Gasteiger partial charge in [-0.05, 0) is 17.7 Å². The molecule has 3 aromatic rings. The van der Waals surface area contributed by atoms with E-state index in [4.69, 9.17) is 4.74 Å². The van der Waals surface area contributed by atoms with Crippen molar-refractivity contribution in [2.45, 2.75) is 24.9 Å². The van der Waals surface area contributed by atoms with Crippen LogP contribution in [0.3, 0.4) is 0 Å². The third-order valence-corrected chi connectivity index (χ3v) is 5.22. The van der Waals surface area contributed by atoms with Crippen molar-refractivity contribution >= 4 is 12.0 Å². The van der Waals surface area contributed by atoms with Gasteiger partial charge in [-0.3, -0.25) is 4.98 Å². The quantitative estimate of drug-likeness (QED) is 0.634. The molecular formula is C22H23N5O3. The number of urea groups is 1. The van der Waals surface area contributed by atoms with E-state index in [1.54, 1.807) is 17.4 Å². The van der Waals surface area contributed by atoms with Crippen LogP contribution in [0.1, 0.15) is 28.7 Å². The predicted molar refractivity (Wildman–Crippen MR) is 110 cm³/mol. The number of ether oxygens (including phenoxy) is 1. The zero-order valence-corrected chi connectivity index (χ0v) is 16.6. The molecule has 30 heavy (non-hydrogen) atoms. The molecule has 154 valence electrons. The van der Waals surface area contributed by atoms with Crippen molar-refractivity contribution in [3.05, 3.63) is 83.7 Å². The molecule has 0 bridgehead atoms. The molecule has 4 rings (SSSR count). The number of hydrogen-bond donors (Lipinski definition) is 2. The fourth-order valence-electron chi connectivity index (χ4n) is 3.75. The molecule has 3 heterocycles. The number of amides is 2. The second-order valence-corrected chi connectivity index (χ2v) is 7.08. The standard InChI is InChI=1S/C22H23N5O3/c1-30-21(28)18(13-15-7-3-2-4-8-15)26-22(29)27-12-10-16-19(25-14-24-16)20(27)17-9-5-6-11-23-17/h2-9,11,14,18,20H,10,12-13H2,1H3,(H,24,25)(H,26,29)/t18-,20+/m1/s1. The van der Waals surface area contributed by atoms with Crippen molar-refractivity contribution in [1.82, 2.24) is 25.2 Å². The number of esters is 1. The summed E-state index contributed by atoms with van der Waals surface area (Å²) in [7, 11) is 1.32. The van der Waals surface area contributed by atoms with E-state index in [1.807, 2.05) is 48.5 Å². The molecule has 0 saturated carbocycles. The Labute approximate surface area is 174 Å². The number of aromatic amines is 1. The largest absolute Gasteiger partial charge is 0.467 e. The number of rotatable bonds is 5. The summed E-state index contributed by atoms with van der Waals surface area (Å²) >= 11 is 0. The Morgan fingerprint density at radius 3 is 2.73 bits per heavy atom. The summed E-state index contributed by atoms with van der Waals surface area (Å²) in [6.07, 6.45) is 4.32. The van der Waals surface area contributed by atoms with E-state index in [9.17, 15) is 9.59 Å². The minimum absolute atomic E-state index is 0.342. The number of fused-ring (bicyclic) bond motifs is 1. The summed E-state index contributed by atoms with van der Waals surface area (Å²) in [6, 6.07) is 13.5. The zero-order chi connectivity index (χ0) is 20.9. The summed E-state index contributed by atoms with van der Waals surface area (Å²) in [6.45, 7) is 0.474. The number of aromatic nitrogens is 3. The van der Waals surface area contributed by atoms with Crippen molar-refractivity contribution in [3.8, 4) is 0 Å². The summed E-state index contributed by atoms with van der Waals surface area (Å²) in [5, 5.41) is 2.86. The lowest BCUT2D eigenvalue weighted by atomic mass is 9.99. The SMILES string of the molecule is COC(=O)[C@@H](Cc1ccccc1)NC(=O)N1CCc2[nH]cnc2[C@@H]1c1ccccn1. The summed E-state index contributed by atoms with van der Waals surface area (Å²) < 4.78 is 4.93. The highest BCUT2D eigenvalue weighted by Gasteiger charge is 2.36.